The molecule has 1 heterocycles. The van der Waals surface area contributed by atoms with Crippen LogP contribution in [0.15, 0.2) is 85.1 Å². The minimum absolute atomic E-state index is 0. The van der Waals surface area contributed by atoms with Crippen molar-refractivity contribution in [2.75, 3.05) is 13.2 Å². The second-order valence-electron chi connectivity index (χ2n) is 11.0. The summed E-state index contributed by atoms with van der Waals surface area (Å²) < 4.78 is 14.2. The van der Waals surface area contributed by atoms with Gasteiger partial charge in [-0.2, -0.15) is 0 Å². The SMILES string of the molecule is CC(C)CCOc1ccccc1-c1ccccc1OCc1cn(C[C@@H](CCCCN)NC(=O)Cc2ccccc2)nn1.Cl. The molecule has 3 aromatic carbocycles. The smallest absolute Gasteiger partial charge is 0.224 e. The molecule has 230 valence electrons. The number of aromatic nitrogens is 3. The van der Waals surface area contributed by atoms with Crippen LogP contribution in [-0.2, 0) is 24.4 Å². The number of amides is 1. The molecule has 0 aliphatic heterocycles. The summed E-state index contributed by atoms with van der Waals surface area (Å²) in [6, 6.07) is 25.7. The third-order valence-electron chi connectivity index (χ3n) is 6.97. The molecule has 0 saturated carbocycles. The van der Waals surface area contributed by atoms with Gasteiger partial charge in [-0.05, 0) is 49.4 Å². The molecule has 8 nitrogen and oxygen atoms in total. The van der Waals surface area contributed by atoms with Crippen LogP contribution in [0.3, 0.4) is 0 Å². The summed E-state index contributed by atoms with van der Waals surface area (Å²) in [5.41, 5.74) is 9.36. The Bertz CT molecular complexity index is 1380. The van der Waals surface area contributed by atoms with Crippen LogP contribution in [0, 0.1) is 5.92 Å². The molecule has 0 saturated heterocycles. The van der Waals surface area contributed by atoms with Crippen LogP contribution >= 0.6 is 12.4 Å². The van der Waals surface area contributed by atoms with Gasteiger partial charge in [0, 0.05) is 17.2 Å². The van der Waals surface area contributed by atoms with E-state index in [0.717, 1.165) is 53.9 Å². The molecule has 1 amide bonds. The van der Waals surface area contributed by atoms with Crippen molar-refractivity contribution in [2.24, 2.45) is 11.7 Å². The van der Waals surface area contributed by atoms with Crippen LogP contribution in [0.1, 0.15) is 50.8 Å². The molecule has 9 heteroatoms. The minimum atomic E-state index is -0.0730. The van der Waals surface area contributed by atoms with E-state index in [-0.39, 0.29) is 31.0 Å². The van der Waals surface area contributed by atoms with E-state index in [1.54, 1.807) is 4.68 Å². The van der Waals surface area contributed by atoms with Crippen molar-refractivity contribution in [1.29, 1.82) is 0 Å². The van der Waals surface area contributed by atoms with Gasteiger partial charge < -0.3 is 20.5 Å². The number of rotatable bonds is 17. The monoisotopic (exact) mass is 605 g/mol. The highest BCUT2D eigenvalue weighted by atomic mass is 35.5. The number of hydrogen-bond acceptors (Lipinski definition) is 6. The van der Waals surface area contributed by atoms with Gasteiger partial charge in [-0.25, -0.2) is 0 Å². The Hall–Kier alpha value is -3.88. The number of halogens is 1. The van der Waals surface area contributed by atoms with E-state index in [0.29, 0.717) is 37.7 Å². The highest BCUT2D eigenvalue weighted by Gasteiger charge is 2.16. The maximum Gasteiger partial charge on any atom is 0.224 e. The number of benzene rings is 3. The fraction of sp³-hybridized carbons (Fsp3) is 0.382. The largest absolute Gasteiger partial charge is 0.493 e. The van der Waals surface area contributed by atoms with Crippen molar-refractivity contribution in [1.82, 2.24) is 20.3 Å². The Balaban J connectivity index is 0.00000506. The van der Waals surface area contributed by atoms with Crippen molar-refractivity contribution in [3.05, 3.63) is 96.3 Å². The van der Waals surface area contributed by atoms with E-state index in [4.69, 9.17) is 15.2 Å². The highest BCUT2D eigenvalue weighted by Crippen LogP contribution is 2.36. The zero-order chi connectivity index (χ0) is 29.6. The lowest BCUT2D eigenvalue weighted by Crippen LogP contribution is -2.39. The summed E-state index contributed by atoms with van der Waals surface area (Å²) in [6.45, 7) is 6.48. The molecular weight excluding hydrogens is 562 g/mol. The van der Waals surface area contributed by atoms with E-state index in [2.05, 4.69) is 35.5 Å². The Morgan fingerprint density at radius 2 is 1.53 bits per heavy atom. The first-order valence-electron chi connectivity index (χ1n) is 14.9. The summed E-state index contributed by atoms with van der Waals surface area (Å²) >= 11 is 0. The topological polar surface area (TPSA) is 104 Å². The number of para-hydroxylation sites is 2. The fourth-order valence-electron chi connectivity index (χ4n) is 4.71. The predicted octanol–water partition coefficient (Wildman–Crippen LogP) is 6.23. The van der Waals surface area contributed by atoms with Gasteiger partial charge in [0.25, 0.3) is 0 Å². The third-order valence-corrected chi connectivity index (χ3v) is 6.97. The lowest BCUT2D eigenvalue weighted by molar-refractivity contribution is -0.121. The van der Waals surface area contributed by atoms with Gasteiger partial charge in [-0.15, -0.1) is 17.5 Å². The summed E-state index contributed by atoms with van der Waals surface area (Å²) in [6.07, 6.45) is 5.87. The summed E-state index contributed by atoms with van der Waals surface area (Å²) in [4.78, 5) is 12.8. The molecule has 0 aliphatic carbocycles. The van der Waals surface area contributed by atoms with E-state index in [9.17, 15) is 4.79 Å². The Labute approximate surface area is 261 Å². The van der Waals surface area contributed by atoms with Gasteiger partial charge in [0.2, 0.25) is 5.91 Å². The van der Waals surface area contributed by atoms with Crippen LogP contribution in [0.4, 0.5) is 0 Å². The Kier molecular flexibility index (Phi) is 14.0. The number of hydrogen-bond donors (Lipinski definition) is 2. The maximum absolute atomic E-state index is 12.8. The zero-order valence-electron chi connectivity index (χ0n) is 25.2. The normalized spacial score (nSPS) is 11.5. The number of nitrogens with zero attached hydrogens (tertiary/aromatic N) is 3. The molecule has 4 rings (SSSR count). The maximum atomic E-state index is 12.8. The van der Waals surface area contributed by atoms with Crippen molar-refractivity contribution in [3.63, 3.8) is 0 Å². The van der Waals surface area contributed by atoms with Crippen LogP contribution in [-0.4, -0.2) is 40.1 Å². The molecule has 0 unspecified atom stereocenters. The lowest BCUT2D eigenvalue weighted by Gasteiger charge is -2.18. The van der Waals surface area contributed by atoms with Crippen molar-refractivity contribution in [2.45, 2.75) is 65.1 Å². The molecule has 0 fully saturated rings. The van der Waals surface area contributed by atoms with Gasteiger partial charge >= 0.3 is 0 Å². The molecule has 0 spiro atoms. The first-order valence-corrected chi connectivity index (χ1v) is 14.9. The van der Waals surface area contributed by atoms with Gasteiger partial charge in [0.15, 0.2) is 0 Å². The van der Waals surface area contributed by atoms with Gasteiger partial charge in [-0.1, -0.05) is 92.2 Å². The molecule has 1 atom stereocenters. The Morgan fingerprint density at radius 3 is 2.21 bits per heavy atom. The molecule has 1 aromatic heterocycles. The quantitative estimate of drug-likeness (QED) is 0.138. The third kappa shape index (κ3) is 11.0. The molecule has 4 aromatic rings. The van der Waals surface area contributed by atoms with Crippen LogP contribution in [0.2, 0.25) is 0 Å². The van der Waals surface area contributed by atoms with Crippen molar-refractivity contribution < 1.29 is 14.3 Å². The standard InChI is InChI=1S/C34H43N5O3.ClH/c1-26(2)19-21-41-32-17-8-6-15-30(32)31-16-7-9-18-33(31)42-25-29-24-39(38-37-29)23-28(14-10-11-20-35)36-34(40)22-27-12-4-3-5-13-27;/h3-9,12-13,15-18,24,26,28H,10-11,14,19-23,25,35H2,1-2H3,(H,36,40);1H/t28-;/m1./s1. The Morgan fingerprint density at radius 1 is 0.884 bits per heavy atom. The molecule has 43 heavy (non-hydrogen) atoms. The first kappa shape index (κ1) is 33.6. The second kappa shape index (κ2) is 17.9. The number of carbonyl (C=O) groups excluding carboxylic acids is 1. The number of unbranched alkanes of at least 4 members (excludes halogenated alkanes) is 1. The molecule has 0 radical (unpaired) electrons. The van der Waals surface area contributed by atoms with Crippen LogP contribution < -0.4 is 20.5 Å². The molecular formula is C34H44ClN5O3. The number of nitrogens with two attached hydrogens (primary N) is 1. The van der Waals surface area contributed by atoms with Crippen LogP contribution in [0.25, 0.3) is 11.1 Å². The molecule has 0 bridgehead atoms. The van der Waals surface area contributed by atoms with Gasteiger partial charge in [-0.3, -0.25) is 9.48 Å². The van der Waals surface area contributed by atoms with Gasteiger partial charge in [0.1, 0.15) is 23.8 Å². The van der Waals surface area contributed by atoms with E-state index in [1.165, 1.54) is 0 Å². The van der Waals surface area contributed by atoms with E-state index < -0.39 is 0 Å². The van der Waals surface area contributed by atoms with Crippen molar-refractivity contribution >= 4 is 18.3 Å². The van der Waals surface area contributed by atoms with Gasteiger partial charge in [0.05, 0.1) is 25.8 Å². The van der Waals surface area contributed by atoms with Crippen molar-refractivity contribution in [3.8, 4) is 22.6 Å². The highest BCUT2D eigenvalue weighted by molar-refractivity contribution is 5.85. The first-order chi connectivity index (χ1) is 20.5. The lowest BCUT2D eigenvalue weighted by atomic mass is 10.0. The van der Waals surface area contributed by atoms with E-state index >= 15 is 0 Å². The summed E-state index contributed by atoms with van der Waals surface area (Å²) in [5, 5.41) is 11.8. The van der Waals surface area contributed by atoms with E-state index in [1.807, 2.05) is 79.0 Å². The predicted molar refractivity (Wildman–Crippen MR) is 173 cm³/mol. The zero-order valence-corrected chi connectivity index (χ0v) is 26.0. The molecule has 3 N–H and O–H groups in total. The number of carbonyl (C=O) groups is 1. The molecule has 0 aliphatic rings. The average Bonchev–Trinajstić information content (AvgIpc) is 3.44. The number of nitrogens with one attached hydrogen (secondary N) is 1. The summed E-state index contributed by atoms with van der Waals surface area (Å²) in [7, 11) is 0. The second-order valence-corrected chi connectivity index (χ2v) is 11.0. The average molecular weight is 606 g/mol. The van der Waals surface area contributed by atoms with Crippen LogP contribution in [0.5, 0.6) is 11.5 Å². The number of ether oxygens (including phenoxy) is 2. The minimum Gasteiger partial charge on any atom is -0.493 e. The fourth-order valence-corrected chi connectivity index (χ4v) is 4.71. The summed E-state index contributed by atoms with van der Waals surface area (Å²) in [5.74, 6) is 2.16.